The minimum absolute atomic E-state index is 0.00298. The van der Waals surface area contributed by atoms with Crippen molar-refractivity contribution < 1.29 is 22.4 Å². The van der Waals surface area contributed by atoms with E-state index >= 15 is 0 Å². The van der Waals surface area contributed by atoms with E-state index in [1.54, 1.807) is 0 Å². The van der Waals surface area contributed by atoms with Crippen molar-refractivity contribution in [1.82, 2.24) is 19.6 Å². The second kappa shape index (κ2) is 6.29. The van der Waals surface area contributed by atoms with Crippen molar-refractivity contribution in [3.8, 4) is 11.5 Å². The Balaban J connectivity index is 1.63. The molecule has 0 unspecified atom stereocenters. The molecule has 7 nitrogen and oxygen atoms in total. The van der Waals surface area contributed by atoms with E-state index in [2.05, 4.69) is 9.97 Å². The summed E-state index contributed by atoms with van der Waals surface area (Å²) in [7, 11) is 0. The Morgan fingerprint density at radius 2 is 2.15 bits per heavy atom. The number of amides is 1. The highest BCUT2D eigenvalue weighted by Crippen LogP contribution is 2.32. The average molecular weight is 379 g/mol. The van der Waals surface area contributed by atoms with Crippen molar-refractivity contribution in [2.75, 3.05) is 13.1 Å². The number of aromatic nitrogens is 3. The molecule has 0 bridgehead atoms. The van der Waals surface area contributed by atoms with Crippen LogP contribution in [-0.4, -0.2) is 44.8 Å². The lowest BCUT2D eigenvalue weighted by Gasteiger charge is -2.23. The monoisotopic (exact) mass is 379 g/mol. The molecule has 142 valence electrons. The number of halogens is 3. The second-order valence-electron chi connectivity index (χ2n) is 6.54. The number of alkyl halides is 3. The van der Waals surface area contributed by atoms with Crippen LogP contribution >= 0.6 is 0 Å². The van der Waals surface area contributed by atoms with E-state index in [1.807, 2.05) is 0 Å². The summed E-state index contributed by atoms with van der Waals surface area (Å²) in [5, 5.41) is 12.1. The normalized spacial score (nSPS) is 14.6. The van der Waals surface area contributed by atoms with Gasteiger partial charge in [0.05, 0.1) is 5.56 Å². The van der Waals surface area contributed by atoms with Gasteiger partial charge in [-0.15, -0.1) is 0 Å². The summed E-state index contributed by atoms with van der Waals surface area (Å²) in [5.41, 5.74) is 0.429. The van der Waals surface area contributed by atoms with E-state index in [9.17, 15) is 23.2 Å². The van der Waals surface area contributed by atoms with E-state index < -0.39 is 18.6 Å². The van der Waals surface area contributed by atoms with E-state index in [1.165, 1.54) is 24.7 Å². The number of nitrogens with zero attached hydrogens (tertiary/aromatic N) is 4. The summed E-state index contributed by atoms with van der Waals surface area (Å²) in [6.07, 6.45) is 0.716. The van der Waals surface area contributed by atoms with E-state index in [0.717, 1.165) is 24.0 Å². The van der Waals surface area contributed by atoms with Gasteiger partial charge in [-0.05, 0) is 30.9 Å². The molecule has 1 aliphatic rings. The van der Waals surface area contributed by atoms with Crippen LogP contribution in [-0.2, 0) is 0 Å². The predicted molar refractivity (Wildman–Crippen MR) is 88.7 cm³/mol. The maximum Gasteiger partial charge on any atom is 0.406 e. The minimum Gasteiger partial charge on any atom is -0.805 e. The predicted octanol–water partition coefficient (Wildman–Crippen LogP) is 3.45. The number of carbonyl (C=O) groups is 1. The van der Waals surface area contributed by atoms with E-state index in [0.29, 0.717) is 15.8 Å². The molecule has 0 aromatic carbocycles. The number of fused-ring (bicyclic) bond motifs is 1. The summed E-state index contributed by atoms with van der Waals surface area (Å²) >= 11 is 0. The van der Waals surface area contributed by atoms with Crippen LogP contribution in [0.15, 0.2) is 35.3 Å². The van der Waals surface area contributed by atoms with E-state index in [4.69, 9.17) is 4.42 Å². The Morgan fingerprint density at radius 3 is 2.85 bits per heavy atom. The Kier molecular flexibility index (Phi) is 4.05. The van der Waals surface area contributed by atoms with Gasteiger partial charge < -0.3 is 19.3 Å². The minimum atomic E-state index is -4.48. The van der Waals surface area contributed by atoms with Crippen molar-refractivity contribution in [3.63, 3.8) is 0 Å². The fourth-order valence-corrected chi connectivity index (χ4v) is 2.93. The van der Waals surface area contributed by atoms with Gasteiger partial charge in [0, 0.05) is 18.1 Å². The Hall–Kier alpha value is -3.04. The molecule has 1 fully saturated rings. The standard InChI is InChI=1S/C17H14F3N4O3/c18-17(19,20)8-23(6-10-1-2-10)16(25)11-5-13(27-7-11)14-12-3-4-24(26)15(12)22-9-21-14/h3-5,7,9-10H,1-2,6,8H2/q-1. The zero-order chi connectivity index (χ0) is 19.2. The van der Waals surface area contributed by atoms with Crippen LogP contribution < -0.4 is 0 Å². The molecule has 0 saturated heterocycles. The van der Waals surface area contributed by atoms with Crippen LogP contribution in [0.25, 0.3) is 22.5 Å². The molecule has 0 spiro atoms. The van der Waals surface area contributed by atoms with Crippen LogP contribution in [0.5, 0.6) is 0 Å². The van der Waals surface area contributed by atoms with E-state index in [-0.39, 0.29) is 29.4 Å². The third kappa shape index (κ3) is 3.60. The van der Waals surface area contributed by atoms with Gasteiger partial charge in [0.15, 0.2) is 5.76 Å². The summed E-state index contributed by atoms with van der Waals surface area (Å²) in [6.45, 7) is -1.24. The van der Waals surface area contributed by atoms with Crippen molar-refractivity contribution in [1.29, 1.82) is 0 Å². The van der Waals surface area contributed by atoms with Gasteiger partial charge in [-0.3, -0.25) is 4.79 Å². The molecule has 3 heterocycles. The molecule has 3 aromatic rings. The number of carbonyl (C=O) groups excluding carboxylic acids is 1. The number of hydrogen-bond donors (Lipinski definition) is 0. The zero-order valence-electron chi connectivity index (χ0n) is 13.9. The summed E-state index contributed by atoms with van der Waals surface area (Å²) in [5.74, 6) is -0.461. The molecule has 0 aliphatic heterocycles. The second-order valence-corrected chi connectivity index (χ2v) is 6.54. The van der Waals surface area contributed by atoms with Gasteiger partial charge in [-0.25, -0.2) is 9.97 Å². The Labute approximate surface area is 151 Å². The van der Waals surface area contributed by atoms with Gasteiger partial charge >= 0.3 is 6.18 Å². The molecule has 0 N–H and O–H groups in total. The maximum absolute atomic E-state index is 12.8. The van der Waals surface area contributed by atoms with Crippen molar-refractivity contribution in [3.05, 3.63) is 41.7 Å². The quantitative estimate of drug-likeness (QED) is 0.678. The van der Waals surface area contributed by atoms with Gasteiger partial charge in [0.2, 0.25) is 0 Å². The molecule has 0 atom stereocenters. The first kappa shape index (κ1) is 17.4. The number of rotatable bonds is 5. The van der Waals surface area contributed by atoms with Gasteiger partial charge in [-0.1, -0.05) is 0 Å². The molecule has 3 aromatic heterocycles. The van der Waals surface area contributed by atoms with Crippen LogP contribution in [0.4, 0.5) is 13.2 Å². The largest absolute Gasteiger partial charge is 0.805 e. The third-order valence-electron chi connectivity index (χ3n) is 4.36. The third-order valence-corrected chi connectivity index (χ3v) is 4.36. The SMILES string of the molecule is O=C(c1coc(-c2ncnc3c2ccn3[O-])c1)N(CC1CC1)CC(F)(F)F. The van der Waals surface area contributed by atoms with Gasteiger partial charge in [-0.2, -0.15) is 13.2 Å². The Bertz CT molecular complexity index is 991. The summed E-state index contributed by atoms with van der Waals surface area (Å²) < 4.78 is 44.4. The number of furan rings is 1. The zero-order valence-corrected chi connectivity index (χ0v) is 13.9. The van der Waals surface area contributed by atoms with Crippen LogP contribution in [0.3, 0.4) is 0 Å². The fourth-order valence-electron chi connectivity index (χ4n) is 2.93. The summed E-state index contributed by atoms with van der Waals surface area (Å²) in [6, 6.07) is 2.84. The molecule has 1 amide bonds. The maximum atomic E-state index is 12.8. The highest BCUT2D eigenvalue weighted by atomic mass is 19.4. The highest BCUT2D eigenvalue weighted by Gasteiger charge is 2.36. The lowest BCUT2D eigenvalue weighted by atomic mass is 10.2. The molecule has 1 saturated carbocycles. The van der Waals surface area contributed by atoms with Crippen molar-refractivity contribution in [2.24, 2.45) is 5.92 Å². The molecule has 0 radical (unpaired) electrons. The van der Waals surface area contributed by atoms with Crippen LogP contribution in [0.1, 0.15) is 23.2 Å². The molecule has 10 heteroatoms. The smallest absolute Gasteiger partial charge is 0.406 e. The molecule has 27 heavy (non-hydrogen) atoms. The summed E-state index contributed by atoms with van der Waals surface area (Å²) in [4.78, 5) is 21.3. The van der Waals surface area contributed by atoms with Crippen molar-refractivity contribution >= 4 is 16.9 Å². The number of hydrogen-bond acceptors (Lipinski definition) is 5. The first-order chi connectivity index (χ1) is 12.8. The fraction of sp³-hybridized carbons (Fsp3) is 0.353. The lowest BCUT2D eigenvalue weighted by Crippen LogP contribution is -2.40. The lowest BCUT2D eigenvalue weighted by molar-refractivity contribution is -0.141. The topological polar surface area (TPSA) is 87.2 Å². The van der Waals surface area contributed by atoms with Crippen molar-refractivity contribution in [2.45, 2.75) is 19.0 Å². The Morgan fingerprint density at radius 1 is 1.37 bits per heavy atom. The van der Waals surface area contributed by atoms with Crippen LogP contribution in [0.2, 0.25) is 0 Å². The molecular formula is C17H14F3N4O3-. The molecular weight excluding hydrogens is 365 g/mol. The molecule has 4 rings (SSSR count). The van der Waals surface area contributed by atoms with Crippen LogP contribution in [0, 0.1) is 11.1 Å². The molecule has 1 aliphatic carbocycles. The average Bonchev–Trinajstić information content (AvgIpc) is 3.15. The first-order valence-electron chi connectivity index (χ1n) is 8.26. The highest BCUT2D eigenvalue weighted by molar-refractivity contribution is 5.96. The van der Waals surface area contributed by atoms with Gasteiger partial charge in [0.25, 0.3) is 5.91 Å². The first-order valence-corrected chi connectivity index (χ1v) is 8.26. The van der Waals surface area contributed by atoms with Gasteiger partial charge in [0.1, 0.15) is 30.5 Å².